The lowest BCUT2D eigenvalue weighted by molar-refractivity contribution is 0.0943. The third-order valence-corrected chi connectivity index (χ3v) is 6.86. The van der Waals surface area contributed by atoms with Crippen molar-refractivity contribution in [3.8, 4) is 0 Å². The van der Waals surface area contributed by atoms with Crippen molar-refractivity contribution in [1.82, 2.24) is 5.32 Å². The number of anilines is 2. The molecule has 6 nitrogen and oxygen atoms in total. The van der Waals surface area contributed by atoms with Gasteiger partial charge in [-0.1, -0.05) is 36.4 Å². The lowest BCUT2D eigenvalue weighted by atomic mass is 9.89. The van der Waals surface area contributed by atoms with Gasteiger partial charge in [-0.25, -0.2) is 4.39 Å². The van der Waals surface area contributed by atoms with Crippen LogP contribution >= 0.6 is 0 Å². The van der Waals surface area contributed by atoms with E-state index in [-0.39, 0.29) is 11.5 Å². The number of hydrogen-bond donors (Lipinski definition) is 2. The molecule has 0 saturated carbocycles. The molecule has 1 aliphatic heterocycles. The number of piperidine rings is 1. The van der Waals surface area contributed by atoms with Crippen molar-refractivity contribution in [3.63, 3.8) is 0 Å². The smallest absolute Gasteiger partial charge is 0.255 e. The van der Waals surface area contributed by atoms with Crippen LogP contribution in [-0.2, 0) is 11.2 Å². The fourth-order valence-electron chi connectivity index (χ4n) is 4.85. The molecule has 1 heterocycles. The van der Waals surface area contributed by atoms with Crippen LogP contribution in [0, 0.1) is 11.7 Å². The third kappa shape index (κ3) is 7.65. The zero-order valence-corrected chi connectivity index (χ0v) is 21.9. The van der Waals surface area contributed by atoms with Gasteiger partial charge in [-0.15, -0.1) is 0 Å². The number of carbonyl (C=O) groups is 2. The number of halogens is 1. The highest BCUT2D eigenvalue weighted by Crippen LogP contribution is 2.30. The van der Waals surface area contributed by atoms with Gasteiger partial charge in [0.25, 0.3) is 11.8 Å². The number of amides is 2. The molecule has 1 aliphatic rings. The number of nitrogens with zero attached hydrogens (tertiary/aromatic N) is 1. The minimum atomic E-state index is -0.476. The van der Waals surface area contributed by atoms with Gasteiger partial charge in [0.05, 0.1) is 5.56 Å². The standard InChI is InChI=1S/C31H36FN3O3/c1-2-38-19-7-16-33-31(37)28-22-27(34-30(36)25-10-6-11-26(32)21-25)12-13-29(28)35-17-14-24(15-18-35)20-23-8-4-3-5-9-23/h3-6,8-13,21-22,24H,2,7,14-20H2,1H3,(H,33,37)(H,34,36). The van der Waals surface area contributed by atoms with Crippen LogP contribution in [0.25, 0.3) is 0 Å². The Kier molecular flexibility index (Phi) is 9.87. The molecule has 0 bridgehead atoms. The van der Waals surface area contributed by atoms with Gasteiger partial charge in [-0.05, 0) is 80.5 Å². The molecule has 0 unspecified atom stereocenters. The van der Waals surface area contributed by atoms with Gasteiger partial charge in [0.2, 0.25) is 0 Å². The van der Waals surface area contributed by atoms with E-state index in [0.29, 0.717) is 36.9 Å². The molecular formula is C31H36FN3O3. The van der Waals surface area contributed by atoms with Crippen LogP contribution in [0.5, 0.6) is 0 Å². The van der Waals surface area contributed by atoms with Gasteiger partial charge >= 0.3 is 0 Å². The average Bonchev–Trinajstić information content (AvgIpc) is 2.94. The van der Waals surface area contributed by atoms with Crippen LogP contribution in [-0.4, -0.2) is 44.7 Å². The van der Waals surface area contributed by atoms with E-state index in [0.717, 1.165) is 44.5 Å². The molecule has 2 amide bonds. The normalized spacial score (nSPS) is 13.8. The molecule has 1 fully saturated rings. The molecule has 0 aliphatic carbocycles. The van der Waals surface area contributed by atoms with Gasteiger partial charge < -0.3 is 20.3 Å². The van der Waals surface area contributed by atoms with E-state index in [1.165, 1.54) is 23.8 Å². The van der Waals surface area contributed by atoms with Crippen molar-refractivity contribution < 1.29 is 18.7 Å². The van der Waals surface area contributed by atoms with Gasteiger partial charge in [0.1, 0.15) is 5.82 Å². The zero-order chi connectivity index (χ0) is 26.7. The van der Waals surface area contributed by atoms with E-state index in [1.54, 1.807) is 18.2 Å². The molecule has 0 aromatic heterocycles. The summed E-state index contributed by atoms with van der Waals surface area (Å²) in [7, 11) is 0. The quantitative estimate of drug-likeness (QED) is 0.321. The van der Waals surface area contributed by atoms with Gasteiger partial charge in [0.15, 0.2) is 0 Å². The van der Waals surface area contributed by atoms with Crippen molar-refractivity contribution >= 4 is 23.2 Å². The first-order valence-corrected chi connectivity index (χ1v) is 13.4. The molecule has 7 heteroatoms. The van der Waals surface area contributed by atoms with E-state index in [9.17, 15) is 14.0 Å². The molecule has 200 valence electrons. The number of nitrogens with one attached hydrogen (secondary N) is 2. The molecule has 0 radical (unpaired) electrons. The second kappa shape index (κ2) is 13.7. The Balaban J connectivity index is 1.47. The third-order valence-electron chi connectivity index (χ3n) is 6.86. The molecule has 3 aromatic carbocycles. The fourth-order valence-corrected chi connectivity index (χ4v) is 4.85. The van der Waals surface area contributed by atoms with Crippen molar-refractivity contribution in [2.75, 3.05) is 43.1 Å². The second-order valence-electron chi connectivity index (χ2n) is 9.62. The average molecular weight is 518 g/mol. The fraction of sp³-hybridized carbons (Fsp3) is 0.355. The SMILES string of the molecule is CCOCCCNC(=O)c1cc(NC(=O)c2cccc(F)c2)ccc1N1CCC(Cc2ccccc2)CC1. The number of benzene rings is 3. The van der Waals surface area contributed by atoms with Crippen LogP contribution < -0.4 is 15.5 Å². The van der Waals surface area contributed by atoms with E-state index >= 15 is 0 Å². The van der Waals surface area contributed by atoms with Crippen molar-refractivity contribution in [2.24, 2.45) is 5.92 Å². The Hall–Kier alpha value is -3.71. The number of hydrogen-bond acceptors (Lipinski definition) is 4. The largest absolute Gasteiger partial charge is 0.382 e. The Morgan fingerprint density at radius 2 is 1.76 bits per heavy atom. The van der Waals surface area contributed by atoms with Crippen molar-refractivity contribution in [3.05, 3.63) is 95.3 Å². The maximum Gasteiger partial charge on any atom is 0.255 e. The predicted octanol–water partition coefficient (Wildman–Crippen LogP) is 5.69. The summed E-state index contributed by atoms with van der Waals surface area (Å²) in [5.74, 6) is -0.489. The monoisotopic (exact) mass is 517 g/mol. The molecular weight excluding hydrogens is 481 g/mol. The Bertz CT molecular complexity index is 1210. The van der Waals surface area contributed by atoms with E-state index in [4.69, 9.17) is 4.74 Å². The van der Waals surface area contributed by atoms with Gasteiger partial charge in [-0.3, -0.25) is 9.59 Å². The first kappa shape index (κ1) is 27.3. The Morgan fingerprint density at radius 1 is 0.974 bits per heavy atom. The second-order valence-corrected chi connectivity index (χ2v) is 9.62. The highest BCUT2D eigenvalue weighted by atomic mass is 19.1. The maximum atomic E-state index is 13.6. The topological polar surface area (TPSA) is 70.7 Å². The summed E-state index contributed by atoms with van der Waals surface area (Å²) in [4.78, 5) is 28.2. The molecule has 38 heavy (non-hydrogen) atoms. The summed E-state index contributed by atoms with van der Waals surface area (Å²) in [6.45, 7) is 5.39. The highest BCUT2D eigenvalue weighted by Gasteiger charge is 2.24. The summed E-state index contributed by atoms with van der Waals surface area (Å²) in [6.07, 6.45) is 3.87. The summed E-state index contributed by atoms with van der Waals surface area (Å²) in [5.41, 5.74) is 3.43. The Labute approximate surface area is 224 Å². The summed E-state index contributed by atoms with van der Waals surface area (Å²) >= 11 is 0. The minimum Gasteiger partial charge on any atom is -0.382 e. The Morgan fingerprint density at radius 3 is 2.50 bits per heavy atom. The summed E-state index contributed by atoms with van der Waals surface area (Å²) in [5, 5.41) is 5.80. The van der Waals surface area contributed by atoms with Crippen LogP contribution in [0.4, 0.5) is 15.8 Å². The molecule has 4 rings (SSSR count). The van der Waals surface area contributed by atoms with Crippen LogP contribution in [0.2, 0.25) is 0 Å². The van der Waals surface area contributed by atoms with E-state index in [1.807, 2.05) is 19.1 Å². The predicted molar refractivity (Wildman–Crippen MR) is 149 cm³/mol. The zero-order valence-electron chi connectivity index (χ0n) is 21.9. The van der Waals surface area contributed by atoms with Crippen LogP contribution in [0.1, 0.15) is 52.5 Å². The molecule has 0 spiro atoms. The van der Waals surface area contributed by atoms with E-state index < -0.39 is 11.7 Å². The van der Waals surface area contributed by atoms with Gasteiger partial charge in [0, 0.05) is 49.8 Å². The molecule has 0 atom stereocenters. The van der Waals surface area contributed by atoms with Crippen molar-refractivity contribution in [1.29, 1.82) is 0 Å². The highest BCUT2D eigenvalue weighted by molar-refractivity contribution is 6.06. The van der Waals surface area contributed by atoms with Gasteiger partial charge in [-0.2, -0.15) is 0 Å². The molecule has 3 aromatic rings. The van der Waals surface area contributed by atoms with Crippen LogP contribution in [0.15, 0.2) is 72.8 Å². The summed E-state index contributed by atoms with van der Waals surface area (Å²) in [6, 6.07) is 21.5. The van der Waals surface area contributed by atoms with E-state index in [2.05, 4.69) is 39.8 Å². The minimum absolute atomic E-state index is 0.190. The van der Waals surface area contributed by atoms with Crippen molar-refractivity contribution in [2.45, 2.75) is 32.6 Å². The lowest BCUT2D eigenvalue weighted by Crippen LogP contribution is -2.36. The first-order valence-electron chi connectivity index (χ1n) is 13.4. The number of carbonyl (C=O) groups excluding carboxylic acids is 2. The number of rotatable bonds is 11. The summed E-state index contributed by atoms with van der Waals surface area (Å²) < 4.78 is 19.0. The molecule has 1 saturated heterocycles. The maximum absolute atomic E-state index is 13.6. The first-order chi connectivity index (χ1) is 18.5. The number of ether oxygens (including phenoxy) is 1. The molecule has 2 N–H and O–H groups in total. The lowest BCUT2D eigenvalue weighted by Gasteiger charge is -2.35. The van der Waals surface area contributed by atoms with Crippen LogP contribution in [0.3, 0.4) is 0 Å².